The molecule has 0 saturated carbocycles. The SMILES string of the molecule is CC1CN(N=O)C(Cl)(c2ccccc2)C(C)C1=O. The van der Waals surface area contributed by atoms with Crippen LogP contribution in [0.2, 0.25) is 0 Å². The third-order valence-corrected chi connectivity index (χ3v) is 4.33. The molecule has 0 spiro atoms. The maximum absolute atomic E-state index is 12.1. The van der Waals surface area contributed by atoms with E-state index in [1.807, 2.05) is 30.3 Å². The van der Waals surface area contributed by atoms with E-state index in [4.69, 9.17) is 11.6 Å². The highest BCUT2D eigenvalue weighted by molar-refractivity contribution is 6.25. The smallest absolute Gasteiger partial charge is 0.168 e. The number of halogens is 1. The number of nitrogens with zero attached hydrogens (tertiary/aromatic N) is 2. The molecule has 0 amide bonds. The Hall–Kier alpha value is -1.42. The van der Waals surface area contributed by atoms with Crippen molar-refractivity contribution in [1.82, 2.24) is 5.01 Å². The average Bonchev–Trinajstić information content (AvgIpc) is 2.41. The van der Waals surface area contributed by atoms with Gasteiger partial charge in [-0.2, -0.15) is 0 Å². The molecule has 18 heavy (non-hydrogen) atoms. The molecule has 0 radical (unpaired) electrons. The highest BCUT2D eigenvalue weighted by Crippen LogP contribution is 2.45. The predicted octanol–water partition coefficient (Wildman–Crippen LogP) is 2.92. The fourth-order valence-corrected chi connectivity index (χ4v) is 2.82. The second-order valence-corrected chi connectivity index (χ2v) is 5.30. The molecular formula is C13H15ClN2O2. The van der Waals surface area contributed by atoms with Crippen molar-refractivity contribution in [2.24, 2.45) is 17.1 Å². The van der Waals surface area contributed by atoms with Crippen LogP contribution in [0.3, 0.4) is 0 Å². The van der Waals surface area contributed by atoms with Crippen molar-refractivity contribution in [3.05, 3.63) is 40.8 Å². The highest BCUT2D eigenvalue weighted by Gasteiger charge is 2.51. The maximum atomic E-state index is 12.1. The molecule has 1 aromatic carbocycles. The van der Waals surface area contributed by atoms with Crippen molar-refractivity contribution in [1.29, 1.82) is 0 Å². The molecule has 0 aliphatic carbocycles. The molecular weight excluding hydrogens is 252 g/mol. The Labute approximate surface area is 111 Å². The van der Waals surface area contributed by atoms with Crippen LogP contribution < -0.4 is 0 Å². The van der Waals surface area contributed by atoms with E-state index in [2.05, 4.69) is 5.29 Å². The minimum Gasteiger partial charge on any atom is -0.299 e. The monoisotopic (exact) mass is 266 g/mol. The largest absolute Gasteiger partial charge is 0.299 e. The first-order valence-corrected chi connectivity index (χ1v) is 6.28. The van der Waals surface area contributed by atoms with Gasteiger partial charge in [-0.25, -0.2) is 5.01 Å². The van der Waals surface area contributed by atoms with Crippen molar-refractivity contribution < 1.29 is 4.79 Å². The number of Topliss-reactive ketones (excluding diaryl/α,β-unsaturated/α-hetero) is 1. The number of carbonyl (C=O) groups excluding carboxylic acids is 1. The van der Waals surface area contributed by atoms with Crippen LogP contribution in [-0.4, -0.2) is 17.3 Å². The zero-order valence-electron chi connectivity index (χ0n) is 10.3. The van der Waals surface area contributed by atoms with Crippen LogP contribution in [0.15, 0.2) is 35.6 Å². The van der Waals surface area contributed by atoms with Gasteiger partial charge in [-0.05, 0) is 5.56 Å². The molecule has 4 nitrogen and oxygen atoms in total. The molecule has 1 aliphatic rings. The third-order valence-electron chi connectivity index (χ3n) is 3.59. The van der Waals surface area contributed by atoms with E-state index >= 15 is 0 Å². The van der Waals surface area contributed by atoms with Gasteiger partial charge in [0.1, 0.15) is 5.78 Å². The topological polar surface area (TPSA) is 49.7 Å². The van der Waals surface area contributed by atoms with Gasteiger partial charge in [-0.3, -0.25) is 4.79 Å². The molecule has 0 bridgehead atoms. The van der Waals surface area contributed by atoms with Crippen LogP contribution in [0.5, 0.6) is 0 Å². The van der Waals surface area contributed by atoms with Crippen molar-refractivity contribution >= 4 is 17.4 Å². The summed E-state index contributed by atoms with van der Waals surface area (Å²) in [5.74, 6) is -0.648. The van der Waals surface area contributed by atoms with Crippen molar-refractivity contribution in [3.8, 4) is 0 Å². The summed E-state index contributed by atoms with van der Waals surface area (Å²) in [6, 6.07) is 9.14. The second kappa shape index (κ2) is 4.69. The molecule has 2 rings (SSSR count). The van der Waals surface area contributed by atoms with E-state index in [1.165, 1.54) is 5.01 Å². The first-order chi connectivity index (χ1) is 8.51. The van der Waals surface area contributed by atoms with Crippen LogP contribution >= 0.6 is 11.6 Å². The molecule has 96 valence electrons. The first kappa shape index (κ1) is 13.0. The number of piperidine rings is 1. The molecule has 0 aromatic heterocycles. The Morgan fingerprint density at radius 2 is 1.94 bits per heavy atom. The zero-order valence-corrected chi connectivity index (χ0v) is 11.1. The Morgan fingerprint density at radius 3 is 2.50 bits per heavy atom. The maximum Gasteiger partial charge on any atom is 0.168 e. The molecule has 3 atom stereocenters. The minimum atomic E-state index is -1.17. The number of hydrogen-bond acceptors (Lipinski definition) is 3. The lowest BCUT2D eigenvalue weighted by Crippen LogP contribution is -2.54. The van der Waals surface area contributed by atoms with Gasteiger partial charge < -0.3 is 0 Å². The number of rotatable bonds is 2. The Bertz CT molecular complexity index is 461. The van der Waals surface area contributed by atoms with Gasteiger partial charge in [0.05, 0.1) is 17.7 Å². The first-order valence-electron chi connectivity index (χ1n) is 5.91. The van der Waals surface area contributed by atoms with E-state index in [1.54, 1.807) is 13.8 Å². The Morgan fingerprint density at radius 1 is 1.33 bits per heavy atom. The van der Waals surface area contributed by atoms with Crippen LogP contribution in [0.25, 0.3) is 0 Å². The van der Waals surface area contributed by atoms with Gasteiger partial charge in [-0.15, -0.1) is 4.91 Å². The Balaban J connectivity index is 2.50. The van der Waals surface area contributed by atoms with Gasteiger partial charge in [0.2, 0.25) is 0 Å². The summed E-state index contributed by atoms with van der Waals surface area (Å²) in [5.41, 5.74) is 0.721. The van der Waals surface area contributed by atoms with Crippen molar-refractivity contribution in [3.63, 3.8) is 0 Å². The second-order valence-electron chi connectivity index (χ2n) is 4.73. The van der Waals surface area contributed by atoms with E-state index in [0.29, 0.717) is 0 Å². The lowest BCUT2D eigenvalue weighted by Gasteiger charge is -2.44. The van der Waals surface area contributed by atoms with Crippen LogP contribution in [0.4, 0.5) is 0 Å². The Kier molecular flexibility index (Phi) is 3.39. The van der Waals surface area contributed by atoms with E-state index < -0.39 is 10.9 Å². The molecule has 3 unspecified atom stereocenters. The summed E-state index contributed by atoms with van der Waals surface area (Å²) in [6.07, 6.45) is 0. The molecule has 1 aliphatic heterocycles. The number of nitroso groups, excluding NO2 is 1. The third kappa shape index (κ3) is 1.81. The molecule has 1 fully saturated rings. The van der Waals surface area contributed by atoms with Crippen molar-refractivity contribution in [2.75, 3.05) is 6.54 Å². The summed E-state index contributed by atoms with van der Waals surface area (Å²) in [4.78, 5) is 22.0. The summed E-state index contributed by atoms with van der Waals surface area (Å²) in [6.45, 7) is 3.79. The lowest BCUT2D eigenvalue weighted by atomic mass is 9.81. The molecule has 0 N–H and O–H groups in total. The summed E-state index contributed by atoms with van der Waals surface area (Å²) >= 11 is 6.59. The molecule has 1 heterocycles. The van der Waals surface area contributed by atoms with Gasteiger partial charge in [0.15, 0.2) is 5.00 Å². The van der Waals surface area contributed by atoms with E-state index in [0.717, 1.165) is 5.56 Å². The van der Waals surface area contributed by atoms with Gasteiger partial charge >= 0.3 is 0 Å². The normalized spacial score (nSPS) is 32.4. The summed E-state index contributed by atoms with van der Waals surface area (Å²) < 4.78 is 0. The van der Waals surface area contributed by atoms with Gasteiger partial charge in [0.25, 0.3) is 0 Å². The van der Waals surface area contributed by atoms with Crippen LogP contribution in [-0.2, 0) is 9.79 Å². The number of alkyl halides is 1. The number of benzene rings is 1. The van der Waals surface area contributed by atoms with Crippen molar-refractivity contribution in [2.45, 2.75) is 18.8 Å². The van der Waals surface area contributed by atoms with Gasteiger partial charge in [-0.1, -0.05) is 55.8 Å². The zero-order chi connectivity index (χ0) is 13.3. The van der Waals surface area contributed by atoms with Crippen LogP contribution in [0, 0.1) is 16.7 Å². The summed E-state index contributed by atoms with van der Waals surface area (Å²) in [5, 5.41) is 4.29. The van der Waals surface area contributed by atoms with Crippen LogP contribution in [0.1, 0.15) is 19.4 Å². The lowest BCUT2D eigenvalue weighted by molar-refractivity contribution is -0.135. The minimum absolute atomic E-state index is 0.0637. The van der Waals surface area contributed by atoms with Gasteiger partial charge in [0, 0.05) is 5.92 Å². The standard InChI is InChI=1S/C13H15ClN2O2/c1-9-8-16(15-18)13(14,10(2)12(9)17)11-6-4-3-5-7-11/h3-7,9-10H,8H2,1-2H3. The average molecular weight is 267 g/mol. The number of ketones is 1. The molecule has 5 heteroatoms. The highest BCUT2D eigenvalue weighted by atomic mass is 35.5. The molecule has 1 aromatic rings. The summed E-state index contributed by atoms with van der Waals surface area (Å²) in [7, 11) is 0. The van der Waals surface area contributed by atoms with E-state index in [-0.39, 0.29) is 18.2 Å². The number of carbonyl (C=O) groups is 1. The van der Waals surface area contributed by atoms with E-state index in [9.17, 15) is 9.70 Å². The fourth-order valence-electron chi connectivity index (χ4n) is 2.48. The number of hydrogen-bond donors (Lipinski definition) is 0. The fraction of sp³-hybridized carbons (Fsp3) is 0.462. The molecule has 1 saturated heterocycles. The quantitative estimate of drug-likeness (QED) is 0.470. The predicted molar refractivity (Wildman–Crippen MR) is 69.8 cm³/mol.